The molecule has 1 heterocycles. The van der Waals surface area contributed by atoms with Crippen LogP contribution in [-0.4, -0.2) is 16.5 Å². The number of rotatable bonds is 1. The number of aromatic nitrogens is 1. The van der Waals surface area contributed by atoms with Crippen molar-refractivity contribution in [1.29, 1.82) is 0 Å². The number of hydrogen-bond donors (Lipinski definition) is 1. The predicted octanol–water partition coefficient (Wildman–Crippen LogP) is 1.06. The quantitative estimate of drug-likeness (QED) is 0.822. The third-order valence-electron chi connectivity index (χ3n) is 2.85. The summed E-state index contributed by atoms with van der Waals surface area (Å²) in [5, 5.41) is 1.92. The van der Waals surface area contributed by atoms with Gasteiger partial charge in [-0.1, -0.05) is 6.42 Å². The lowest BCUT2D eigenvalue weighted by molar-refractivity contribution is -0.122. The van der Waals surface area contributed by atoms with Gasteiger partial charge in [-0.05, 0) is 12.8 Å². The van der Waals surface area contributed by atoms with Crippen LogP contribution in [0, 0.1) is 5.92 Å². The van der Waals surface area contributed by atoms with E-state index in [0.29, 0.717) is 0 Å². The molecular formula is C10H16ClN3OS. The van der Waals surface area contributed by atoms with Gasteiger partial charge in [-0.3, -0.25) is 4.79 Å². The number of nitrogens with zero attached hydrogens (tertiary/aromatic N) is 2. The molecule has 1 aliphatic carbocycles. The lowest BCUT2D eigenvalue weighted by atomic mass is 10.0. The molecule has 6 heteroatoms. The molecule has 0 aromatic carbocycles. The zero-order valence-corrected chi connectivity index (χ0v) is 10.8. The van der Waals surface area contributed by atoms with Crippen LogP contribution >= 0.6 is 23.7 Å². The van der Waals surface area contributed by atoms with Crippen molar-refractivity contribution in [2.24, 2.45) is 23.7 Å². The molecule has 1 aliphatic rings. The first-order valence-electron chi connectivity index (χ1n) is 5.13. The Bertz CT molecular complexity index is 426. The van der Waals surface area contributed by atoms with Crippen LogP contribution in [0.15, 0.2) is 16.6 Å². The average Bonchev–Trinajstić information content (AvgIpc) is 2.76. The Labute approximate surface area is 105 Å². The molecule has 0 saturated heterocycles. The van der Waals surface area contributed by atoms with Crippen LogP contribution < -0.4 is 10.5 Å². The van der Waals surface area contributed by atoms with Crippen molar-refractivity contribution in [2.45, 2.75) is 25.3 Å². The third kappa shape index (κ3) is 2.72. The predicted molar refractivity (Wildman–Crippen MR) is 66.4 cm³/mol. The minimum Gasteiger partial charge on any atom is -0.327 e. The molecule has 0 radical (unpaired) electrons. The van der Waals surface area contributed by atoms with Gasteiger partial charge in [0, 0.05) is 24.7 Å². The Kier molecular flexibility index (Phi) is 4.70. The van der Waals surface area contributed by atoms with Crippen LogP contribution in [0.1, 0.15) is 19.3 Å². The van der Waals surface area contributed by atoms with Gasteiger partial charge in [-0.15, -0.1) is 23.7 Å². The molecule has 1 aromatic heterocycles. The van der Waals surface area contributed by atoms with E-state index < -0.39 is 0 Å². The minimum absolute atomic E-state index is 0. The molecule has 90 valence electrons. The van der Waals surface area contributed by atoms with Crippen LogP contribution in [0.5, 0.6) is 0 Å². The largest absolute Gasteiger partial charge is 0.327 e. The highest BCUT2D eigenvalue weighted by Crippen LogP contribution is 2.24. The van der Waals surface area contributed by atoms with Gasteiger partial charge in [-0.25, -0.2) is 0 Å². The molecule has 2 N–H and O–H groups in total. The van der Waals surface area contributed by atoms with E-state index in [1.165, 1.54) is 11.3 Å². The smallest absolute Gasteiger partial charge is 0.253 e. The van der Waals surface area contributed by atoms with Crippen LogP contribution in [0.4, 0.5) is 0 Å². The summed E-state index contributed by atoms with van der Waals surface area (Å²) in [5.41, 5.74) is 5.86. The highest BCUT2D eigenvalue weighted by molar-refractivity contribution is 7.07. The number of halogens is 1. The van der Waals surface area contributed by atoms with Gasteiger partial charge < -0.3 is 10.3 Å². The minimum atomic E-state index is -0.0629. The first-order chi connectivity index (χ1) is 7.18. The van der Waals surface area contributed by atoms with Crippen LogP contribution in [0.25, 0.3) is 0 Å². The fourth-order valence-corrected chi connectivity index (χ4v) is 2.64. The van der Waals surface area contributed by atoms with Crippen molar-refractivity contribution in [3.63, 3.8) is 0 Å². The molecule has 16 heavy (non-hydrogen) atoms. The second kappa shape index (κ2) is 5.61. The Morgan fingerprint density at radius 3 is 2.88 bits per heavy atom. The lowest BCUT2D eigenvalue weighted by Gasteiger charge is -2.09. The number of aryl methyl sites for hydroxylation is 1. The van der Waals surface area contributed by atoms with Gasteiger partial charge in [0.1, 0.15) is 0 Å². The van der Waals surface area contributed by atoms with Crippen molar-refractivity contribution in [3.05, 3.63) is 16.4 Å². The molecule has 1 amide bonds. The fraction of sp³-hybridized carbons (Fsp3) is 0.600. The summed E-state index contributed by atoms with van der Waals surface area (Å²) in [6.45, 7) is 0. The third-order valence-corrected chi connectivity index (χ3v) is 3.70. The molecule has 2 atom stereocenters. The molecule has 1 saturated carbocycles. The number of carbonyl (C=O) groups is 1. The summed E-state index contributed by atoms with van der Waals surface area (Å²) in [4.78, 5) is 16.7. The zero-order valence-electron chi connectivity index (χ0n) is 9.13. The Hall–Kier alpha value is -0.650. The van der Waals surface area contributed by atoms with E-state index in [1.54, 1.807) is 0 Å². The first kappa shape index (κ1) is 13.4. The van der Waals surface area contributed by atoms with Crippen molar-refractivity contribution in [2.75, 3.05) is 0 Å². The van der Waals surface area contributed by atoms with E-state index in [0.717, 1.165) is 24.1 Å². The van der Waals surface area contributed by atoms with Crippen molar-refractivity contribution >= 4 is 29.7 Å². The normalized spacial score (nSPS) is 25.5. The number of hydrogen-bond acceptors (Lipinski definition) is 3. The summed E-state index contributed by atoms with van der Waals surface area (Å²) >= 11 is 1.47. The van der Waals surface area contributed by atoms with E-state index in [1.807, 2.05) is 23.2 Å². The first-order valence-corrected chi connectivity index (χ1v) is 6.01. The summed E-state index contributed by atoms with van der Waals surface area (Å²) in [6, 6.07) is 0.00604. The van der Waals surface area contributed by atoms with Gasteiger partial charge in [0.2, 0.25) is 0 Å². The maximum absolute atomic E-state index is 11.8. The average molecular weight is 262 g/mol. The number of nitrogens with two attached hydrogens (primary N) is 1. The van der Waals surface area contributed by atoms with Crippen LogP contribution in [0.3, 0.4) is 0 Å². The van der Waals surface area contributed by atoms with Gasteiger partial charge in [0.05, 0.1) is 5.92 Å². The molecule has 0 spiro atoms. The monoisotopic (exact) mass is 261 g/mol. The second-order valence-electron chi connectivity index (χ2n) is 3.95. The Morgan fingerprint density at radius 2 is 2.38 bits per heavy atom. The van der Waals surface area contributed by atoms with Crippen LogP contribution in [0.2, 0.25) is 0 Å². The van der Waals surface area contributed by atoms with Crippen LogP contribution in [-0.2, 0) is 11.8 Å². The van der Waals surface area contributed by atoms with Crippen molar-refractivity contribution in [1.82, 2.24) is 4.57 Å². The maximum atomic E-state index is 11.8. The highest BCUT2D eigenvalue weighted by atomic mass is 35.5. The molecule has 0 aliphatic heterocycles. The highest BCUT2D eigenvalue weighted by Gasteiger charge is 2.29. The zero-order chi connectivity index (χ0) is 10.8. The standard InChI is InChI=1S/C10H15N3OS.ClH/c1-13-5-6-15-10(13)12-9(14)7-3-2-4-8(7)11;/h5-8H,2-4,11H2,1H3;1H. The van der Waals surface area contributed by atoms with E-state index in [2.05, 4.69) is 4.99 Å². The SMILES string of the molecule is Cl.Cn1ccsc1=NC(=O)C1CCCC1N. The van der Waals surface area contributed by atoms with E-state index in [9.17, 15) is 4.79 Å². The molecular weight excluding hydrogens is 246 g/mol. The van der Waals surface area contributed by atoms with Gasteiger partial charge >= 0.3 is 0 Å². The topological polar surface area (TPSA) is 60.4 Å². The van der Waals surface area contributed by atoms with Crippen molar-refractivity contribution in [3.8, 4) is 0 Å². The number of thiazole rings is 1. The molecule has 4 nitrogen and oxygen atoms in total. The molecule has 1 aromatic rings. The van der Waals surface area contributed by atoms with E-state index in [-0.39, 0.29) is 30.3 Å². The summed E-state index contributed by atoms with van der Waals surface area (Å²) in [7, 11) is 1.89. The van der Waals surface area contributed by atoms with E-state index in [4.69, 9.17) is 5.73 Å². The second-order valence-corrected chi connectivity index (χ2v) is 4.82. The molecule has 0 bridgehead atoms. The van der Waals surface area contributed by atoms with Gasteiger partial charge in [-0.2, -0.15) is 4.99 Å². The fourth-order valence-electron chi connectivity index (χ4n) is 1.91. The van der Waals surface area contributed by atoms with Crippen molar-refractivity contribution < 1.29 is 4.79 Å². The molecule has 1 fully saturated rings. The number of carbonyl (C=O) groups excluding carboxylic acids is 1. The Morgan fingerprint density at radius 1 is 1.62 bits per heavy atom. The Balaban J connectivity index is 0.00000128. The molecule has 2 unspecified atom stereocenters. The summed E-state index contributed by atoms with van der Waals surface area (Å²) < 4.78 is 1.85. The lowest BCUT2D eigenvalue weighted by Crippen LogP contribution is -2.31. The molecule has 2 rings (SSSR count). The summed E-state index contributed by atoms with van der Waals surface area (Å²) in [6.07, 6.45) is 4.77. The number of amides is 1. The summed E-state index contributed by atoms with van der Waals surface area (Å²) in [5.74, 6) is -0.120. The van der Waals surface area contributed by atoms with Gasteiger partial charge in [0.15, 0.2) is 4.80 Å². The maximum Gasteiger partial charge on any atom is 0.253 e. The van der Waals surface area contributed by atoms with Gasteiger partial charge in [0.25, 0.3) is 5.91 Å². The van der Waals surface area contributed by atoms with E-state index >= 15 is 0 Å².